The third-order valence-electron chi connectivity index (χ3n) is 2.33. The second kappa shape index (κ2) is 5.12. The number of nitrogens with zero attached hydrogens (tertiary/aromatic N) is 2. The van der Waals surface area contributed by atoms with Crippen molar-refractivity contribution in [1.82, 2.24) is 9.55 Å². The van der Waals surface area contributed by atoms with Gasteiger partial charge in [-0.2, -0.15) is 0 Å². The maximum absolute atomic E-state index is 4.62. The summed E-state index contributed by atoms with van der Waals surface area (Å²) in [6.45, 7) is 11.0. The molecular weight excluding hydrogens is 203 g/mol. The molecule has 0 saturated heterocycles. The highest BCUT2D eigenvalue weighted by molar-refractivity contribution is 7.37. The van der Waals surface area contributed by atoms with Crippen molar-refractivity contribution in [2.45, 2.75) is 52.7 Å². The molecule has 0 N–H and O–H groups in total. The Hall–Kier alpha value is -0.360. The first-order valence-electron chi connectivity index (χ1n) is 5.71. The van der Waals surface area contributed by atoms with E-state index in [0.717, 1.165) is 20.4 Å². The van der Waals surface area contributed by atoms with Crippen LogP contribution in [-0.4, -0.2) is 15.7 Å². The van der Waals surface area contributed by atoms with Crippen molar-refractivity contribution in [3.05, 3.63) is 17.7 Å². The standard InChI is InChI=1S/C12H23N2P/c1-6-7-15-9-11-13-10(2)8-14(11)12(3,4)5/h8,15H,6-7,9H2,1-5H3. The van der Waals surface area contributed by atoms with Gasteiger partial charge in [0.15, 0.2) is 0 Å². The van der Waals surface area contributed by atoms with E-state index in [9.17, 15) is 0 Å². The summed E-state index contributed by atoms with van der Waals surface area (Å²) >= 11 is 0. The topological polar surface area (TPSA) is 17.8 Å². The van der Waals surface area contributed by atoms with Crippen LogP contribution in [0.2, 0.25) is 0 Å². The van der Waals surface area contributed by atoms with Gasteiger partial charge in [-0.15, -0.1) is 8.58 Å². The van der Waals surface area contributed by atoms with Crippen LogP contribution in [0.5, 0.6) is 0 Å². The van der Waals surface area contributed by atoms with Crippen molar-refractivity contribution in [3.63, 3.8) is 0 Å². The molecule has 0 fully saturated rings. The van der Waals surface area contributed by atoms with E-state index in [1.807, 2.05) is 0 Å². The van der Waals surface area contributed by atoms with E-state index in [2.05, 4.69) is 50.4 Å². The smallest absolute Gasteiger partial charge is 0.113 e. The lowest BCUT2D eigenvalue weighted by molar-refractivity contribution is 0.386. The molecule has 0 amide bonds. The average Bonchev–Trinajstić information content (AvgIpc) is 2.47. The minimum absolute atomic E-state index is 0.160. The molecule has 2 nitrogen and oxygen atoms in total. The van der Waals surface area contributed by atoms with Crippen LogP contribution >= 0.6 is 8.58 Å². The minimum Gasteiger partial charge on any atom is -0.329 e. The van der Waals surface area contributed by atoms with E-state index in [-0.39, 0.29) is 5.54 Å². The Labute approximate surface area is 95.3 Å². The largest absolute Gasteiger partial charge is 0.329 e. The Morgan fingerprint density at radius 2 is 2.07 bits per heavy atom. The minimum atomic E-state index is 0.160. The van der Waals surface area contributed by atoms with Gasteiger partial charge in [0.05, 0.1) is 5.69 Å². The molecule has 3 heteroatoms. The van der Waals surface area contributed by atoms with Gasteiger partial charge in [0.2, 0.25) is 0 Å². The summed E-state index contributed by atoms with van der Waals surface area (Å²) in [7, 11) is 1.02. The summed E-state index contributed by atoms with van der Waals surface area (Å²) in [5, 5.41) is 0. The molecule has 0 aliphatic rings. The zero-order chi connectivity index (χ0) is 11.5. The second-order valence-electron chi connectivity index (χ2n) is 5.02. The molecule has 0 aliphatic heterocycles. The van der Waals surface area contributed by atoms with Gasteiger partial charge in [-0.3, -0.25) is 0 Å². The van der Waals surface area contributed by atoms with E-state index < -0.39 is 0 Å². The van der Waals surface area contributed by atoms with Crippen molar-refractivity contribution in [2.75, 3.05) is 6.16 Å². The fraction of sp³-hybridized carbons (Fsp3) is 0.750. The summed E-state index contributed by atoms with van der Waals surface area (Å²) in [5.74, 6) is 1.26. The van der Waals surface area contributed by atoms with E-state index in [0.29, 0.717) is 0 Å². The molecule has 1 heterocycles. The highest BCUT2D eigenvalue weighted by Crippen LogP contribution is 2.24. The number of hydrogen-bond donors (Lipinski definition) is 0. The molecule has 1 rings (SSSR count). The molecule has 86 valence electrons. The molecule has 1 atom stereocenters. The first kappa shape index (κ1) is 12.7. The Bertz CT molecular complexity index is 310. The van der Waals surface area contributed by atoms with E-state index in [4.69, 9.17) is 0 Å². The molecule has 0 aromatic carbocycles. The van der Waals surface area contributed by atoms with Crippen LogP contribution in [0.3, 0.4) is 0 Å². The molecular formula is C12H23N2P. The molecule has 0 saturated carbocycles. The number of hydrogen-bond acceptors (Lipinski definition) is 1. The Balaban J connectivity index is 2.78. The average molecular weight is 226 g/mol. The number of aromatic nitrogens is 2. The lowest BCUT2D eigenvalue weighted by Gasteiger charge is -2.23. The molecule has 0 aliphatic carbocycles. The molecule has 1 unspecified atom stereocenters. The molecule has 15 heavy (non-hydrogen) atoms. The fourth-order valence-electron chi connectivity index (χ4n) is 1.63. The Morgan fingerprint density at radius 3 is 2.60 bits per heavy atom. The van der Waals surface area contributed by atoms with Crippen molar-refractivity contribution in [1.29, 1.82) is 0 Å². The van der Waals surface area contributed by atoms with Crippen molar-refractivity contribution >= 4 is 8.58 Å². The van der Waals surface area contributed by atoms with Gasteiger partial charge in [-0.25, -0.2) is 4.98 Å². The van der Waals surface area contributed by atoms with Gasteiger partial charge in [-0.05, 0) is 33.9 Å². The molecule has 0 radical (unpaired) electrons. The van der Waals surface area contributed by atoms with Crippen LogP contribution < -0.4 is 0 Å². The molecule has 1 aromatic rings. The normalized spacial score (nSPS) is 12.9. The van der Waals surface area contributed by atoms with Crippen LogP contribution in [0.1, 0.15) is 45.6 Å². The molecule has 0 bridgehead atoms. The summed E-state index contributed by atoms with van der Waals surface area (Å²) in [6, 6.07) is 0. The van der Waals surface area contributed by atoms with Crippen molar-refractivity contribution < 1.29 is 0 Å². The van der Waals surface area contributed by atoms with Gasteiger partial charge < -0.3 is 4.57 Å². The number of imidazole rings is 1. The highest BCUT2D eigenvalue weighted by atomic mass is 31.1. The monoisotopic (exact) mass is 226 g/mol. The van der Waals surface area contributed by atoms with Gasteiger partial charge in [0.1, 0.15) is 5.82 Å². The Kier molecular flexibility index (Phi) is 4.33. The molecule has 0 spiro atoms. The highest BCUT2D eigenvalue weighted by Gasteiger charge is 2.17. The third kappa shape index (κ3) is 3.61. The van der Waals surface area contributed by atoms with E-state index in [1.165, 1.54) is 18.4 Å². The first-order valence-corrected chi connectivity index (χ1v) is 7.12. The van der Waals surface area contributed by atoms with Gasteiger partial charge >= 0.3 is 0 Å². The zero-order valence-electron chi connectivity index (χ0n) is 10.6. The van der Waals surface area contributed by atoms with E-state index >= 15 is 0 Å². The fourth-order valence-corrected chi connectivity index (χ4v) is 2.63. The summed E-state index contributed by atoms with van der Waals surface area (Å²) in [5.41, 5.74) is 1.30. The van der Waals surface area contributed by atoms with Crippen molar-refractivity contribution in [3.8, 4) is 0 Å². The van der Waals surface area contributed by atoms with Crippen LogP contribution in [0, 0.1) is 6.92 Å². The zero-order valence-corrected chi connectivity index (χ0v) is 11.6. The predicted octanol–water partition coefficient (Wildman–Crippen LogP) is 3.54. The van der Waals surface area contributed by atoms with Crippen LogP contribution in [0.25, 0.3) is 0 Å². The van der Waals surface area contributed by atoms with E-state index in [1.54, 1.807) is 0 Å². The van der Waals surface area contributed by atoms with Gasteiger partial charge in [0, 0.05) is 17.9 Å². The number of rotatable bonds is 4. The Morgan fingerprint density at radius 1 is 1.40 bits per heavy atom. The molecule has 1 aromatic heterocycles. The lowest BCUT2D eigenvalue weighted by Crippen LogP contribution is -2.23. The van der Waals surface area contributed by atoms with Crippen molar-refractivity contribution in [2.24, 2.45) is 0 Å². The third-order valence-corrected chi connectivity index (χ3v) is 3.75. The first-order chi connectivity index (χ1) is 6.95. The summed E-state index contributed by atoms with van der Waals surface area (Å²) < 4.78 is 2.32. The van der Waals surface area contributed by atoms with Crippen LogP contribution in [-0.2, 0) is 11.7 Å². The summed E-state index contributed by atoms with van der Waals surface area (Å²) in [4.78, 5) is 4.62. The maximum atomic E-state index is 4.62. The maximum Gasteiger partial charge on any atom is 0.113 e. The van der Waals surface area contributed by atoms with Gasteiger partial charge in [0.25, 0.3) is 0 Å². The predicted molar refractivity (Wildman–Crippen MR) is 69.1 cm³/mol. The van der Waals surface area contributed by atoms with Crippen LogP contribution in [0.15, 0.2) is 6.20 Å². The number of aryl methyl sites for hydroxylation is 1. The lowest BCUT2D eigenvalue weighted by atomic mass is 10.1. The summed E-state index contributed by atoms with van der Waals surface area (Å²) in [6.07, 6.45) is 5.93. The van der Waals surface area contributed by atoms with Gasteiger partial charge in [-0.1, -0.05) is 13.3 Å². The second-order valence-corrected chi connectivity index (χ2v) is 6.37. The SMILES string of the molecule is CCCPCc1nc(C)cn1C(C)(C)C. The van der Waals surface area contributed by atoms with Crippen LogP contribution in [0.4, 0.5) is 0 Å². The quantitative estimate of drug-likeness (QED) is 0.567.